The summed E-state index contributed by atoms with van der Waals surface area (Å²) < 4.78 is 30.5. The molecule has 1 aromatic rings. The van der Waals surface area contributed by atoms with Crippen LogP contribution in [0.4, 0.5) is 0 Å². The maximum absolute atomic E-state index is 12.0. The number of carboxylic acid groups (broad SMARTS) is 1. The quantitative estimate of drug-likeness (QED) is 0.306. The van der Waals surface area contributed by atoms with Crippen molar-refractivity contribution in [3.05, 3.63) is 29.8 Å². The second kappa shape index (κ2) is 10.2. The van der Waals surface area contributed by atoms with Gasteiger partial charge in [-0.25, -0.2) is 8.42 Å². The summed E-state index contributed by atoms with van der Waals surface area (Å²) in [6.07, 6.45) is 0. The molecule has 140 valence electrons. The molecule has 0 aliphatic carbocycles. The Balaban J connectivity index is 2.64. The summed E-state index contributed by atoms with van der Waals surface area (Å²) in [5.74, 6) is -1.66. The highest BCUT2D eigenvalue weighted by Crippen LogP contribution is 2.11. The molecule has 0 fully saturated rings. The average Bonchev–Trinajstić information content (AvgIpc) is 2.56. The summed E-state index contributed by atoms with van der Waals surface area (Å²) in [6, 6.07) is 4.69. The molecule has 1 aromatic carbocycles. The third-order valence-corrected chi connectivity index (χ3v) is 4.86. The summed E-state index contributed by atoms with van der Waals surface area (Å²) in [7, 11) is -3.79. The molecule has 1 amide bonds. The zero-order valence-electron chi connectivity index (χ0n) is 13.3. The zero-order valence-corrected chi connectivity index (χ0v) is 15.1. The first-order valence-corrected chi connectivity index (χ1v) is 9.62. The Morgan fingerprint density at radius 1 is 1.28 bits per heavy atom. The molecule has 0 aromatic heterocycles. The van der Waals surface area contributed by atoms with E-state index in [0.29, 0.717) is 18.9 Å². The Kier molecular flexibility index (Phi) is 8.69. The van der Waals surface area contributed by atoms with Crippen molar-refractivity contribution in [1.29, 1.82) is 0 Å². The predicted octanol–water partition coefficient (Wildman–Crippen LogP) is -0.944. The molecule has 0 spiro atoms. The number of carbonyl (C=O) groups excluding carboxylic acids is 1. The lowest BCUT2D eigenvalue weighted by Gasteiger charge is -2.15. The topological polar surface area (TPSA) is 148 Å². The maximum Gasteiger partial charge on any atom is 0.323 e. The number of benzene rings is 1. The van der Waals surface area contributed by atoms with Crippen molar-refractivity contribution in [1.82, 2.24) is 10.0 Å². The molecule has 0 bridgehead atoms. The standard InChI is InChI=1S/C14H21N3O6S2/c15-5-6-23-11-3-1-10(2-4-11)13(18)16-9-12(14(19)20)17-25(21,22)8-7-24/h1-4,12,17,24H,5-9,15H2,(H,16,18)(H,19,20)/t12-/m0/s1. The SMILES string of the molecule is NCCOc1ccc(C(=O)NC[C@H](NS(=O)(=O)CCS)C(=O)O)cc1. The molecular formula is C14H21N3O6S2. The number of sulfonamides is 1. The molecular weight excluding hydrogens is 370 g/mol. The largest absolute Gasteiger partial charge is 0.492 e. The Morgan fingerprint density at radius 2 is 1.92 bits per heavy atom. The van der Waals surface area contributed by atoms with E-state index < -0.39 is 34.5 Å². The van der Waals surface area contributed by atoms with Gasteiger partial charge in [0.25, 0.3) is 5.91 Å². The molecule has 5 N–H and O–H groups in total. The average molecular weight is 391 g/mol. The van der Waals surface area contributed by atoms with Gasteiger partial charge in [-0.3, -0.25) is 9.59 Å². The molecule has 0 saturated heterocycles. The maximum atomic E-state index is 12.0. The number of nitrogens with one attached hydrogen (secondary N) is 2. The Bertz CT molecular complexity index is 678. The van der Waals surface area contributed by atoms with Crippen LogP contribution in [-0.2, 0) is 14.8 Å². The minimum absolute atomic E-state index is 0.0482. The molecule has 1 rings (SSSR count). The normalized spacial score (nSPS) is 12.4. The van der Waals surface area contributed by atoms with Crippen molar-refractivity contribution in [2.24, 2.45) is 5.73 Å². The number of carboxylic acids is 1. The molecule has 25 heavy (non-hydrogen) atoms. The molecule has 11 heteroatoms. The van der Waals surface area contributed by atoms with E-state index in [2.05, 4.69) is 17.9 Å². The van der Waals surface area contributed by atoms with Crippen molar-refractivity contribution in [2.75, 3.05) is 31.2 Å². The monoisotopic (exact) mass is 391 g/mol. The highest BCUT2D eigenvalue weighted by molar-refractivity contribution is 7.90. The number of hydrogen-bond donors (Lipinski definition) is 5. The van der Waals surface area contributed by atoms with Gasteiger partial charge < -0.3 is 20.9 Å². The van der Waals surface area contributed by atoms with Crippen LogP contribution in [0.1, 0.15) is 10.4 Å². The van der Waals surface area contributed by atoms with Gasteiger partial charge in [0.2, 0.25) is 10.0 Å². The van der Waals surface area contributed by atoms with Gasteiger partial charge in [-0.1, -0.05) is 0 Å². The third kappa shape index (κ3) is 7.73. The number of aliphatic carboxylic acids is 1. The van der Waals surface area contributed by atoms with Crippen LogP contribution < -0.4 is 20.5 Å². The minimum atomic E-state index is -3.79. The van der Waals surface area contributed by atoms with E-state index in [0.717, 1.165) is 0 Å². The fourth-order valence-corrected chi connectivity index (χ4v) is 3.45. The van der Waals surface area contributed by atoms with Crippen LogP contribution in [0.3, 0.4) is 0 Å². The first kappa shape index (κ1) is 21.2. The Morgan fingerprint density at radius 3 is 2.44 bits per heavy atom. The van der Waals surface area contributed by atoms with Gasteiger partial charge in [-0.15, -0.1) is 0 Å². The summed E-state index contributed by atoms with van der Waals surface area (Å²) in [4.78, 5) is 23.2. The molecule has 9 nitrogen and oxygen atoms in total. The van der Waals surface area contributed by atoms with Crippen molar-refractivity contribution in [2.45, 2.75) is 6.04 Å². The first-order valence-electron chi connectivity index (χ1n) is 7.34. The van der Waals surface area contributed by atoms with Crippen LogP contribution in [0.25, 0.3) is 0 Å². The van der Waals surface area contributed by atoms with Gasteiger partial charge in [0.1, 0.15) is 18.4 Å². The number of thiol groups is 1. The van der Waals surface area contributed by atoms with Crippen LogP contribution in [0.2, 0.25) is 0 Å². The van der Waals surface area contributed by atoms with Crippen LogP contribution in [0.15, 0.2) is 24.3 Å². The van der Waals surface area contributed by atoms with Gasteiger partial charge in [0, 0.05) is 24.4 Å². The van der Waals surface area contributed by atoms with E-state index in [1.807, 2.05) is 4.72 Å². The molecule has 0 saturated carbocycles. The lowest BCUT2D eigenvalue weighted by molar-refractivity contribution is -0.138. The van der Waals surface area contributed by atoms with E-state index in [1.54, 1.807) is 12.1 Å². The van der Waals surface area contributed by atoms with Crippen molar-refractivity contribution in [3.63, 3.8) is 0 Å². The van der Waals surface area contributed by atoms with Crippen molar-refractivity contribution in [3.8, 4) is 5.75 Å². The van der Waals surface area contributed by atoms with Gasteiger partial charge in [0.15, 0.2) is 0 Å². The molecule has 0 aliphatic rings. The predicted molar refractivity (Wildman–Crippen MR) is 95.5 cm³/mol. The van der Waals surface area contributed by atoms with E-state index in [-0.39, 0.29) is 17.1 Å². The first-order chi connectivity index (χ1) is 11.8. The van der Waals surface area contributed by atoms with Gasteiger partial charge in [-0.05, 0) is 24.3 Å². The molecule has 0 heterocycles. The number of carbonyl (C=O) groups is 2. The number of ether oxygens (including phenoxy) is 1. The summed E-state index contributed by atoms with van der Waals surface area (Å²) >= 11 is 3.80. The number of amides is 1. The molecule has 0 aliphatic heterocycles. The second-order valence-corrected chi connectivity index (χ2v) is 7.24. The Labute approximate surface area is 151 Å². The van der Waals surface area contributed by atoms with Gasteiger partial charge >= 0.3 is 5.97 Å². The highest BCUT2D eigenvalue weighted by Gasteiger charge is 2.24. The van der Waals surface area contributed by atoms with Crippen molar-refractivity contribution >= 4 is 34.5 Å². The molecule has 0 radical (unpaired) electrons. The lowest BCUT2D eigenvalue weighted by Crippen LogP contribution is -2.49. The van der Waals surface area contributed by atoms with E-state index >= 15 is 0 Å². The smallest absolute Gasteiger partial charge is 0.323 e. The zero-order chi connectivity index (χ0) is 18.9. The lowest BCUT2D eigenvalue weighted by atomic mass is 10.2. The second-order valence-electron chi connectivity index (χ2n) is 4.92. The molecule has 1 atom stereocenters. The highest BCUT2D eigenvalue weighted by atomic mass is 32.2. The van der Waals surface area contributed by atoms with Crippen LogP contribution >= 0.6 is 12.6 Å². The van der Waals surface area contributed by atoms with Crippen molar-refractivity contribution < 1.29 is 27.9 Å². The molecule has 0 unspecified atom stereocenters. The number of rotatable bonds is 11. The number of nitrogens with two attached hydrogens (primary N) is 1. The van der Waals surface area contributed by atoms with E-state index in [1.165, 1.54) is 12.1 Å². The summed E-state index contributed by atoms with van der Waals surface area (Å²) in [5, 5.41) is 11.5. The fourth-order valence-electron chi connectivity index (χ4n) is 1.75. The van der Waals surface area contributed by atoms with Gasteiger partial charge in [0.05, 0.1) is 5.75 Å². The summed E-state index contributed by atoms with van der Waals surface area (Å²) in [5.41, 5.74) is 5.60. The van der Waals surface area contributed by atoms with Crippen LogP contribution in [0.5, 0.6) is 5.75 Å². The summed E-state index contributed by atoms with van der Waals surface area (Å²) in [6.45, 7) is 0.311. The van der Waals surface area contributed by atoms with Crippen LogP contribution in [0, 0.1) is 0 Å². The minimum Gasteiger partial charge on any atom is -0.492 e. The number of hydrogen-bond acceptors (Lipinski definition) is 7. The van der Waals surface area contributed by atoms with Gasteiger partial charge in [-0.2, -0.15) is 17.4 Å². The fraction of sp³-hybridized carbons (Fsp3) is 0.429. The third-order valence-electron chi connectivity index (χ3n) is 2.95. The Hall–Kier alpha value is -1.82. The van der Waals surface area contributed by atoms with Crippen LogP contribution in [-0.4, -0.2) is 62.6 Å². The van der Waals surface area contributed by atoms with E-state index in [4.69, 9.17) is 15.6 Å². The van der Waals surface area contributed by atoms with E-state index in [9.17, 15) is 18.0 Å².